The van der Waals surface area contributed by atoms with Gasteiger partial charge in [0.05, 0.1) is 18.2 Å². The summed E-state index contributed by atoms with van der Waals surface area (Å²) in [5.41, 5.74) is -0.0273. The SMILES string of the molecule is O=c1[nH]c([C@@H]2CNC[C@H]2C(F)(F)F)nc2c1cnn2C1CCCC1. The van der Waals surface area contributed by atoms with Crippen LogP contribution in [-0.4, -0.2) is 39.0 Å². The van der Waals surface area contributed by atoms with Crippen molar-refractivity contribution in [3.05, 3.63) is 22.4 Å². The predicted octanol–water partition coefficient (Wildman–Crippen LogP) is 2.10. The highest BCUT2D eigenvalue weighted by Crippen LogP contribution is 2.39. The summed E-state index contributed by atoms with van der Waals surface area (Å²) in [6.45, 7) is -0.00596. The molecule has 1 aliphatic carbocycles. The Morgan fingerprint density at radius 1 is 1.21 bits per heavy atom. The lowest BCUT2D eigenvalue weighted by atomic mass is 9.94. The quantitative estimate of drug-likeness (QED) is 0.877. The fraction of sp³-hybridized carbons (Fsp3) is 0.667. The van der Waals surface area contributed by atoms with Gasteiger partial charge >= 0.3 is 6.18 Å². The Morgan fingerprint density at radius 2 is 1.96 bits per heavy atom. The van der Waals surface area contributed by atoms with E-state index in [0.29, 0.717) is 11.0 Å². The first kappa shape index (κ1) is 15.6. The Morgan fingerprint density at radius 3 is 2.67 bits per heavy atom. The van der Waals surface area contributed by atoms with Gasteiger partial charge in [0.15, 0.2) is 5.65 Å². The summed E-state index contributed by atoms with van der Waals surface area (Å²) in [5, 5.41) is 7.36. The maximum Gasteiger partial charge on any atom is 0.393 e. The van der Waals surface area contributed by atoms with Crippen molar-refractivity contribution in [1.82, 2.24) is 25.1 Å². The molecule has 2 aromatic heterocycles. The summed E-state index contributed by atoms with van der Waals surface area (Å²) in [6, 6.07) is 0.171. The van der Waals surface area contributed by atoms with Gasteiger partial charge in [-0.3, -0.25) is 4.79 Å². The van der Waals surface area contributed by atoms with Crippen molar-refractivity contribution in [2.45, 2.75) is 43.8 Å². The number of aromatic amines is 1. The summed E-state index contributed by atoms with van der Waals surface area (Å²) in [6.07, 6.45) is 1.22. The minimum Gasteiger partial charge on any atom is -0.315 e. The van der Waals surface area contributed by atoms with Crippen LogP contribution in [0.15, 0.2) is 11.0 Å². The molecule has 4 rings (SSSR count). The van der Waals surface area contributed by atoms with Crippen LogP contribution < -0.4 is 10.9 Å². The highest BCUT2D eigenvalue weighted by Gasteiger charge is 2.48. The molecule has 0 aromatic carbocycles. The van der Waals surface area contributed by atoms with Crippen LogP contribution >= 0.6 is 0 Å². The first-order chi connectivity index (χ1) is 11.4. The van der Waals surface area contributed by atoms with Crippen LogP contribution in [-0.2, 0) is 0 Å². The lowest BCUT2D eigenvalue weighted by Crippen LogP contribution is -2.30. The van der Waals surface area contributed by atoms with Crippen LogP contribution in [0, 0.1) is 5.92 Å². The largest absolute Gasteiger partial charge is 0.393 e. The highest BCUT2D eigenvalue weighted by atomic mass is 19.4. The fourth-order valence-electron chi connectivity index (χ4n) is 3.85. The van der Waals surface area contributed by atoms with E-state index >= 15 is 0 Å². The van der Waals surface area contributed by atoms with Crippen molar-refractivity contribution in [3.8, 4) is 0 Å². The van der Waals surface area contributed by atoms with Crippen LogP contribution in [0.3, 0.4) is 0 Å². The van der Waals surface area contributed by atoms with Gasteiger partial charge in [-0.15, -0.1) is 0 Å². The second-order valence-corrected chi connectivity index (χ2v) is 6.63. The van der Waals surface area contributed by atoms with Gasteiger partial charge in [0.2, 0.25) is 0 Å². The maximum atomic E-state index is 13.2. The summed E-state index contributed by atoms with van der Waals surface area (Å²) < 4.78 is 41.3. The van der Waals surface area contributed by atoms with Crippen molar-refractivity contribution in [1.29, 1.82) is 0 Å². The molecule has 0 amide bonds. The number of hydrogen-bond donors (Lipinski definition) is 2. The molecule has 1 saturated heterocycles. The van der Waals surface area contributed by atoms with Crippen LogP contribution in [0.2, 0.25) is 0 Å². The number of rotatable bonds is 2. The van der Waals surface area contributed by atoms with E-state index in [2.05, 4.69) is 20.4 Å². The van der Waals surface area contributed by atoms with E-state index in [1.807, 2.05) is 0 Å². The van der Waals surface area contributed by atoms with Gasteiger partial charge in [-0.2, -0.15) is 18.3 Å². The fourth-order valence-corrected chi connectivity index (χ4v) is 3.85. The lowest BCUT2D eigenvalue weighted by molar-refractivity contribution is -0.173. The minimum absolute atomic E-state index is 0.0968. The normalized spacial score (nSPS) is 25.8. The third-order valence-electron chi connectivity index (χ3n) is 5.14. The van der Waals surface area contributed by atoms with Gasteiger partial charge in [-0.25, -0.2) is 9.67 Å². The second-order valence-electron chi connectivity index (χ2n) is 6.63. The average molecular weight is 341 g/mol. The van der Waals surface area contributed by atoms with Crippen molar-refractivity contribution >= 4 is 11.0 Å². The van der Waals surface area contributed by atoms with Crippen LogP contribution in [0.4, 0.5) is 13.2 Å². The Balaban J connectivity index is 1.79. The zero-order chi connectivity index (χ0) is 16.9. The van der Waals surface area contributed by atoms with Crippen molar-refractivity contribution in [3.63, 3.8) is 0 Å². The second kappa shape index (κ2) is 5.58. The third-order valence-corrected chi connectivity index (χ3v) is 5.14. The monoisotopic (exact) mass is 341 g/mol. The zero-order valence-corrected chi connectivity index (χ0v) is 12.9. The molecule has 0 unspecified atom stereocenters. The highest BCUT2D eigenvalue weighted by molar-refractivity contribution is 5.73. The average Bonchev–Trinajstić information content (AvgIpc) is 3.25. The number of hydrogen-bond acceptors (Lipinski definition) is 4. The molecule has 1 aliphatic heterocycles. The first-order valence-electron chi connectivity index (χ1n) is 8.20. The summed E-state index contributed by atoms with van der Waals surface area (Å²) in [4.78, 5) is 19.2. The molecule has 6 nitrogen and oxygen atoms in total. The Bertz CT molecular complexity index is 806. The van der Waals surface area contributed by atoms with E-state index in [0.717, 1.165) is 25.7 Å². The van der Waals surface area contributed by atoms with Gasteiger partial charge in [0.25, 0.3) is 5.56 Å². The topological polar surface area (TPSA) is 75.6 Å². The van der Waals surface area contributed by atoms with E-state index < -0.39 is 23.6 Å². The predicted molar refractivity (Wildman–Crippen MR) is 80.8 cm³/mol. The lowest BCUT2D eigenvalue weighted by Gasteiger charge is -2.20. The smallest absolute Gasteiger partial charge is 0.315 e. The van der Waals surface area contributed by atoms with Crippen molar-refractivity contribution in [2.75, 3.05) is 13.1 Å². The van der Waals surface area contributed by atoms with Crippen molar-refractivity contribution < 1.29 is 13.2 Å². The van der Waals surface area contributed by atoms with Gasteiger partial charge in [0, 0.05) is 19.0 Å². The molecule has 0 bridgehead atoms. The molecule has 2 aliphatic rings. The molecule has 2 fully saturated rings. The number of fused-ring (bicyclic) bond motifs is 1. The van der Waals surface area contributed by atoms with Gasteiger partial charge in [-0.05, 0) is 12.8 Å². The summed E-state index contributed by atoms with van der Waals surface area (Å²) >= 11 is 0. The van der Waals surface area contributed by atoms with Gasteiger partial charge in [0.1, 0.15) is 11.2 Å². The van der Waals surface area contributed by atoms with Gasteiger partial charge < -0.3 is 10.3 Å². The molecule has 2 N–H and O–H groups in total. The molecule has 1 saturated carbocycles. The molecule has 0 radical (unpaired) electrons. The zero-order valence-electron chi connectivity index (χ0n) is 12.9. The Hall–Kier alpha value is -1.90. The molecule has 130 valence electrons. The molecule has 0 spiro atoms. The Kier molecular flexibility index (Phi) is 3.63. The maximum absolute atomic E-state index is 13.2. The summed E-state index contributed by atoms with van der Waals surface area (Å²) in [5.74, 6) is -2.32. The molecule has 9 heteroatoms. The van der Waals surface area contributed by atoms with Crippen LogP contribution in [0.5, 0.6) is 0 Å². The Labute approximate surface area is 135 Å². The first-order valence-corrected chi connectivity index (χ1v) is 8.20. The number of nitrogens with zero attached hydrogens (tertiary/aromatic N) is 3. The number of alkyl halides is 3. The molecule has 24 heavy (non-hydrogen) atoms. The molecular formula is C15H18F3N5O. The molecule has 2 atom stereocenters. The standard InChI is InChI=1S/C15H18F3N5O/c16-15(17,18)11-7-19-5-9(11)12-21-13-10(14(24)22-12)6-20-23(13)8-3-1-2-4-8/h6,8-9,11,19H,1-5,7H2,(H,21,22,24)/t9-,11-/m1/s1. The van der Waals surface area contributed by atoms with Crippen molar-refractivity contribution in [2.24, 2.45) is 5.92 Å². The molecular weight excluding hydrogens is 323 g/mol. The number of halogens is 3. The number of nitrogens with one attached hydrogen (secondary N) is 2. The van der Waals surface area contributed by atoms with Gasteiger partial charge in [-0.1, -0.05) is 12.8 Å². The molecule has 3 heterocycles. The van der Waals surface area contributed by atoms with E-state index in [1.54, 1.807) is 4.68 Å². The van der Waals surface area contributed by atoms with Crippen LogP contribution in [0.1, 0.15) is 43.5 Å². The van der Waals surface area contributed by atoms with E-state index in [4.69, 9.17) is 0 Å². The number of H-pyrrole nitrogens is 1. The van der Waals surface area contributed by atoms with E-state index in [-0.39, 0.29) is 25.0 Å². The van der Waals surface area contributed by atoms with E-state index in [9.17, 15) is 18.0 Å². The molecule has 2 aromatic rings. The third kappa shape index (κ3) is 2.51. The van der Waals surface area contributed by atoms with E-state index in [1.165, 1.54) is 6.20 Å². The summed E-state index contributed by atoms with van der Waals surface area (Å²) in [7, 11) is 0. The minimum atomic E-state index is -4.33. The van der Waals surface area contributed by atoms with Crippen LogP contribution in [0.25, 0.3) is 11.0 Å². The number of aromatic nitrogens is 4.